The predicted molar refractivity (Wildman–Crippen MR) is 73.1 cm³/mol. The number of halogens is 1. The molecule has 0 fully saturated rings. The van der Waals surface area contributed by atoms with E-state index in [9.17, 15) is 0 Å². The quantitative estimate of drug-likeness (QED) is 0.867. The van der Waals surface area contributed by atoms with E-state index in [1.807, 2.05) is 0 Å². The van der Waals surface area contributed by atoms with Gasteiger partial charge in [-0.25, -0.2) is 0 Å². The summed E-state index contributed by atoms with van der Waals surface area (Å²) in [4.78, 5) is 4.93. The molecule has 0 radical (unpaired) electrons. The maximum Gasteiger partial charge on any atom is 0.175 e. The van der Waals surface area contributed by atoms with Gasteiger partial charge in [0.05, 0.1) is 11.6 Å². The van der Waals surface area contributed by atoms with Crippen LogP contribution in [0.3, 0.4) is 0 Å². The Balaban J connectivity index is 2.49. The summed E-state index contributed by atoms with van der Waals surface area (Å²) in [7, 11) is 1.61. The summed E-state index contributed by atoms with van der Waals surface area (Å²) in [6.07, 6.45) is 0. The molecule has 1 N–H and O–H groups in total. The molecule has 0 aliphatic carbocycles. The predicted octanol–water partition coefficient (Wildman–Crippen LogP) is 2.99. The highest BCUT2D eigenvalue weighted by Gasteiger charge is 2.24. The Morgan fingerprint density at radius 2 is 2.00 bits per heavy atom. The number of benzene rings is 1. The molecule has 5 heteroatoms. The smallest absolute Gasteiger partial charge is 0.175 e. The molecular formula is C13H18BrNO3. The van der Waals surface area contributed by atoms with Gasteiger partial charge < -0.3 is 14.3 Å². The lowest BCUT2D eigenvalue weighted by Crippen LogP contribution is -2.20. The van der Waals surface area contributed by atoms with Crippen LogP contribution in [-0.4, -0.2) is 20.3 Å². The van der Waals surface area contributed by atoms with Gasteiger partial charge in [0, 0.05) is 12.1 Å². The van der Waals surface area contributed by atoms with Crippen molar-refractivity contribution in [2.24, 2.45) is 0 Å². The van der Waals surface area contributed by atoms with E-state index in [0.717, 1.165) is 21.5 Å². The molecule has 1 aliphatic heterocycles. The Kier molecular flexibility index (Phi) is 4.48. The molecule has 0 bridgehead atoms. The normalized spacial score (nSPS) is 14.1. The average Bonchev–Trinajstić information content (AvgIpc) is 2.36. The van der Waals surface area contributed by atoms with Crippen molar-refractivity contribution < 1.29 is 14.3 Å². The van der Waals surface area contributed by atoms with Crippen molar-refractivity contribution in [3.63, 3.8) is 0 Å². The van der Waals surface area contributed by atoms with Crippen LogP contribution in [0.15, 0.2) is 10.5 Å². The fourth-order valence-electron chi connectivity index (χ4n) is 2.17. The van der Waals surface area contributed by atoms with Gasteiger partial charge in [-0.3, -0.25) is 0 Å². The molecule has 0 spiro atoms. The molecule has 0 amide bonds. The van der Waals surface area contributed by atoms with E-state index in [4.69, 9.17) is 14.3 Å². The maximum absolute atomic E-state index is 5.79. The summed E-state index contributed by atoms with van der Waals surface area (Å²) in [5.74, 6) is 2.03. The fraction of sp³-hybridized carbons (Fsp3) is 0.538. The first-order valence-corrected chi connectivity index (χ1v) is 6.81. The first-order valence-electron chi connectivity index (χ1n) is 6.01. The Labute approximate surface area is 116 Å². The molecule has 0 saturated heterocycles. The van der Waals surface area contributed by atoms with E-state index in [1.54, 1.807) is 7.11 Å². The van der Waals surface area contributed by atoms with Crippen LogP contribution in [0.1, 0.15) is 30.9 Å². The van der Waals surface area contributed by atoms with Crippen LogP contribution in [0.2, 0.25) is 0 Å². The molecule has 0 aromatic heterocycles. The molecule has 2 rings (SSSR count). The van der Waals surface area contributed by atoms with Crippen LogP contribution < -0.4 is 15.0 Å². The third-order valence-corrected chi connectivity index (χ3v) is 3.46. The number of ether oxygens (including phenoxy) is 2. The van der Waals surface area contributed by atoms with Gasteiger partial charge in [0.1, 0.15) is 13.2 Å². The maximum atomic E-state index is 5.79. The fourth-order valence-corrected chi connectivity index (χ4v) is 2.74. The van der Waals surface area contributed by atoms with E-state index < -0.39 is 0 Å². The standard InChI is InChI=1S/C13H18BrNO3/c1-8(2)11-9(7-15-16-3)6-10(14)12-13(11)18-5-4-17-12/h6,8,15H,4-5,7H2,1-3H3. The lowest BCUT2D eigenvalue weighted by Gasteiger charge is -2.26. The zero-order valence-electron chi connectivity index (χ0n) is 10.9. The highest BCUT2D eigenvalue weighted by atomic mass is 79.9. The highest BCUT2D eigenvalue weighted by molar-refractivity contribution is 9.10. The molecule has 100 valence electrons. The molecule has 1 aromatic carbocycles. The summed E-state index contributed by atoms with van der Waals surface area (Å²) < 4.78 is 12.4. The molecule has 4 nitrogen and oxygen atoms in total. The third-order valence-electron chi connectivity index (χ3n) is 2.88. The van der Waals surface area contributed by atoms with Crippen LogP contribution in [0.4, 0.5) is 0 Å². The minimum absolute atomic E-state index is 0.363. The van der Waals surface area contributed by atoms with Crippen molar-refractivity contribution in [1.29, 1.82) is 0 Å². The van der Waals surface area contributed by atoms with Gasteiger partial charge in [-0.15, -0.1) is 0 Å². The van der Waals surface area contributed by atoms with Crippen LogP contribution in [0.25, 0.3) is 0 Å². The number of fused-ring (bicyclic) bond motifs is 1. The summed E-state index contributed by atoms with van der Waals surface area (Å²) >= 11 is 3.53. The number of hydrogen-bond acceptors (Lipinski definition) is 4. The van der Waals surface area contributed by atoms with E-state index in [2.05, 4.69) is 41.3 Å². The Morgan fingerprint density at radius 3 is 2.61 bits per heavy atom. The molecule has 0 atom stereocenters. The minimum atomic E-state index is 0.363. The second kappa shape index (κ2) is 5.91. The highest BCUT2D eigenvalue weighted by Crippen LogP contribution is 2.44. The molecule has 1 aliphatic rings. The number of rotatable bonds is 4. The van der Waals surface area contributed by atoms with Crippen molar-refractivity contribution >= 4 is 15.9 Å². The number of hydrogen-bond donors (Lipinski definition) is 1. The van der Waals surface area contributed by atoms with E-state index >= 15 is 0 Å². The first-order chi connectivity index (χ1) is 8.65. The van der Waals surface area contributed by atoms with Gasteiger partial charge in [-0.05, 0) is 33.5 Å². The van der Waals surface area contributed by atoms with Gasteiger partial charge in [-0.1, -0.05) is 13.8 Å². The Hall–Kier alpha value is -0.780. The second-order valence-electron chi connectivity index (χ2n) is 4.47. The minimum Gasteiger partial charge on any atom is -0.486 e. The average molecular weight is 316 g/mol. The van der Waals surface area contributed by atoms with E-state index in [0.29, 0.717) is 25.7 Å². The van der Waals surface area contributed by atoms with Crippen LogP contribution in [0.5, 0.6) is 11.5 Å². The van der Waals surface area contributed by atoms with Crippen LogP contribution in [-0.2, 0) is 11.4 Å². The van der Waals surface area contributed by atoms with Gasteiger partial charge >= 0.3 is 0 Å². The lowest BCUT2D eigenvalue weighted by molar-refractivity contribution is 0.0862. The Bertz CT molecular complexity index is 435. The van der Waals surface area contributed by atoms with Crippen LogP contribution in [0, 0.1) is 0 Å². The van der Waals surface area contributed by atoms with Crippen molar-refractivity contribution in [3.8, 4) is 11.5 Å². The molecule has 1 heterocycles. The topological polar surface area (TPSA) is 39.7 Å². The molecule has 0 unspecified atom stereocenters. The second-order valence-corrected chi connectivity index (χ2v) is 5.32. The molecule has 18 heavy (non-hydrogen) atoms. The number of nitrogens with one attached hydrogen (secondary N) is 1. The summed E-state index contributed by atoms with van der Waals surface area (Å²) in [6, 6.07) is 2.06. The lowest BCUT2D eigenvalue weighted by atomic mass is 9.95. The van der Waals surface area contributed by atoms with Crippen LogP contribution >= 0.6 is 15.9 Å². The van der Waals surface area contributed by atoms with Gasteiger partial charge in [0.2, 0.25) is 0 Å². The van der Waals surface area contributed by atoms with E-state index in [1.165, 1.54) is 5.56 Å². The SMILES string of the molecule is CONCc1cc(Br)c2c(c1C(C)C)OCCO2. The van der Waals surface area contributed by atoms with Crippen molar-refractivity contribution in [2.75, 3.05) is 20.3 Å². The zero-order chi connectivity index (χ0) is 13.1. The monoisotopic (exact) mass is 315 g/mol. The van der Waals surface area contributed by atoms with Crippen molar-refractivity contribution in [1.82, 2.24) is 5.48 Å². The molecular weight excluding hydrogens is 298 g/mol. The Morgan fingerprint density at radius 1 is 1.33 bits per heavy atom. The third kappa shape index (κ3) is 2.63. The van der Waals surface area contributed by atoms with E-state index in [-0.39, 0.29) is 0 Å². The summed E-state index contributed by atoms with van der Waals surface area (Å²) in [6.45, 7) is 6.13. The largest absolute Gasteiger partial charge is 0.486 e. The van der Waals surface area contributed by atoms with Gasteiger partial charge in [0.15, 0.2) is 11.5 Å². The van der Waals surface area contributed by atoms with Crippen molar-refractivity contribution in [2.45, 2.75) is 26.3 Å². The van der Waals surface area contributed by atoms with Crippen molar-refractivity contribution in [3.05, 3.63) is 21.7 Å². The zero-order valence-corrected chi connectivity index (χ0v) is 12.5. The number of hydroxylamine groups is 1. The molecule has 0 saturated carbocycles. The van der Waals surface area contributed by atoms with Gasteiger partial charge in [0.25, 0.3) is 0 Å². The summed E-state index contributed by atoms with van der Waals surface area (Å²) in [5, 5.41) is 0. The first kappa shape index (κ1) is 13.6. The van der Waals surface area contributed by atoms with Gasteiger partial charge in [-0.2, -0.15) is 5.48 Å². The molecule has 1 aromatic rings. The summed E-state index contributed by atoms with van der Waals surface area (Å²) in [5.41, 5.74) is 5.21.